The van der Waals surface area contributed by atoms with Gasteiger partial charge in [-0.05, 0) is 86.1 Å². The zero-order valence-corrected chi connectivity index (χ0v) is 23.9. The number of H-pyrrole nitrogens is 1. The zero-order chi connectivity index (χ0) is 29.1. The van der Waals surface area contributed by atoms with Crippen molar-refractivity contribution in [3.8, 4) is 5.88 Å². The third-order valence-electron chi connectivity index (χ3n) is 7.54. The number of aromatic hydroxyl groups is 1. The number of aromatic nitrogens is 1. The monoisotopic (exact) mass is 579 g/mol. The lowest BCUT2D eigenvalue weighted by molar-refractivity contribution is 0.221. The minimum absolute atomic E-state index is 0.0483. The Kier molecular flexibility index (Phi) is 7.69. The summed E-state index contributed by atoms with van der Waals surface area (Å²) in [5.74, 6) is -0.0483. The third-order valence-corrected chi connectivity index (χ3v) is 8.93. The van der Waals surface area contributed by atoms with E-state index in [1.54, 1.807) is 30.3 Å². The molecule has 0 radical (unpaired) electrons. The number of piperidine rings is 1. The van der Waals surface area contributed by atoms with Gasteiger partial charge in [-0.1, -0.05) is 48.9 Å². The van der Waals surface area contributed by atoms with E-state index in [-0.39, 0.29) is 10.8 Å². The van der Waals surface area contributed by atoms with E-state index < -0.39 is 10.0 Å². The standard InChI is InChI=1S/C33H33N5O3S/c34-25-11-16-28(17-12-25)42(40,41)37-27-15-18-30-29(21-27)31(33(39)36-30)32(24-7-3-1-4-8-24)35-26-13-9-23(10-14-26)22-38-19-5-2-6-20-38/h1,3-4,7-18,21,36-37,39H,2,5-6,19-20,22,34H2. The number of aromatic amines is 1. The summed E-state index contributed by atoms with van der Waals surface area (Å²) in [5.41, 5.74) is 11.1. The van der Waals surface area contributed by atoms with E-state index in [0.29, 0.717) is 33.6 Å². The number of aliphatic imine (C=N–C) groups is 1. The van der Waals surface area contributed by atoms with Gasteiger partial charge in [-0.2, -0.15) is 0 Å². The van der Waals surface area contributed by atoms with Crippen LogP contribution in [0.2, 0.25) is 0 Å². The lowest BCUT2D eigenvalue weighted by Gasteiger charge is -2.26. The van der Waals surface area contributed by atoms with E-state index >= 15 is 0 Å². The normalized spacial score (nSPS) is 14.7. The first kappa shape index (κ1) is 27.6. The van der Waals surface area contributed by atoms with Crippen LogP contribution in [0.4, 0.5) is 17.1 Å². The van der Waals surface area contributed by atoms with Crippen molar-refractivity contribution in [1.29, 1.82) is 0 Å². The smallest absolute Gasteiger partial charge is 0.261 e. The molecule has 1 aliphatic rings. The van der Waals surface area contributed by atoms with Gasteiger partial charge < -0.3 is 15.8 Å². The summed E-state index contributed by atoms with van der Waals surface area (Å²) in [4.78, 5) is 10.6. The molecular formula is C33H33N5O3S. The summed E-state index contributed by atoms with van der Waals surface area (Å²) in [6.45, 7) is 3.19. The van der Waals surface area contributed by atoms with E-state index in [0.717, 1.165) is 30.9 Å². The van der Waals surface area contributed by atoms with Crippen molar-refractivity contribution >= 4 is 43.7 Å². The number of likely N-dealkylation sites (tertiary alicyclic amines) is 1. The highest BCUT2D eigenvalue weighted by molar-refractivity contribution is 7.92. The fourth-order valence-corrected chi connectivity index (χ4v) is 6.43. The molecule has 0 spiro atoms. The lowest BCUT2D eigenvalue weighted by atomic mass is 10.0. The van der Waals surface area contributed by atoms with E-state index in [9.17, 15) is 13.5 Å². The predicted molar refractivity (Wildman–Crippen MR) is 169 cm³/mol. The SMILES string of the molecule is Nc1ccc(S(=O)(=O)Nc2ccc3[nH]c(O)c(C(=Nc4ccc(CN5CCCCC5)cc4)c4ccccc4)c3c2)cc1. The second kappa shape index (κ2) is 11.7. The van der Waals surface area contributed by atoms with Crippen molar-refractivity contribution in [3.63, 3.8) is 0 Å². The minimum Gasteiger partial charge on any atom is -0.494 e. The van der Waals surface area contributed by atoms with Crippen molar-refractivity contribution in [3.05, 3.63) is 114 Å². The Hall–Kier alpha value is -4.60. The molecule has 1 aliphatic heterocycles. The molecule has 4 aromatic carbocycles. The molecular weight excluding hydrogens is 546 g/mol. The topological polar surface area (TPSA) is 124 Å². The van der Waals surface area contributed by atoms with Crippen LogP contribution in [0.25, 0.3) is 10.9 Å². The van der Waals surface area contributed by atoms with E-state index in [2.05, 4.69) is 26.7 Å². The molecule has 0 atom stereocenters. The Balaban J connectivity index is 1.37. The molecule has 42 heavy (non-hydrogen) atoms. The Labute approximate surface area is 245 Å². The van der Waals surface area contributed by atoms with Gasteiger partial charge in [-0.25, -0.2) is 13.4 Å². The number of nitrogen functional groups attached to an aromatic ring is 1. The van der Waals surface area contributed by atoms with Crippen LogP contribution in [-0.2, 0) is 16.6 Å². The number of nitrogens with zero attached hydrogens (tertiary/aromatic N) is 2. The van der Waals surface area contributed by atoms with Gasteiger partial charge in [0.2, 0.25) is 0 Å². The number of hydrogen-bond acceptors (Lipinski definition) is 6. The number of fused-ring (bicyclic) bond motifs is 1. The van der Waals surface area contributed by atoms with Gasteiger partial charge in [0.15, 0.2) is 5.88 Å². The van der Waals surface area contributed by atoms with Gasteiger partial charge >= 0.3 is 0 Å². The number of rotatable bonds is 8. The Morgan fingerprint density at radius 2 is 1.62 bits per heavy atom. The van der Waals surface area contributed by atoms with Gasteiger partial charge in [0.05, 0.1) is 21.9 Å². The van der Waals surface area contributed by atoms with Gasteiger partial charge in [-0.15, -0.1) is 0 Å². The molecule has 0 unspecified atom stereocenters. The summed E-state index contributed by atoms with van der Waals surface area (Å²) < 4.78 is 28.7. The van der Waals surface area contributed by atoms with Crippen molar-refractivity contribution < 1.29 is 13.5 Å². The van der Waals surface area contributed by atoms with Gasteiger partial charge in [0.1, 0.15) is 0 Å². The molecule has 5 aromatic rings. The third kappa shape index (κ3) is 6.02. The molecule has 214 valence electrons. The first-order valence-corrected chi connectivity index (χ1v) is 15.5. The van der Waals surface area contributed by atoms with Crippen LogP contribution >= 0.6 is 0 Å². The highest BCUT2D eigenvalue weighted by Gasteiger charge is 2.21. The molecule has 0 bridgehead atoms. The fourth-order valence-electron chi connectivity index (χ4n) is 5.38. The van der Waals surface area contributed by atoms with Gasteiger partial charge in [0, 0.05) is 34.4 Å². The van der Waals surface area contributed by atoms with Crippen LogP contribution in [-0.4, -0.2) is 42.2 Å². The fraction of sp³-hybridized carbons (Fsp3) is 0.182. The summed E-state index contributed by atoms with van der Waals surface area (Å²) in [7, 11) is -3.85. The molecule has 1 fully saturated rings. The Morgan fingerprint density at radius 1 is 0.905 bits per heavy atom. The van der Waals surface area contributed by atoms with Crippen molar-refractivity contribution in [1.82, 2.24) is 9.88 Å². The number of anilines is 2. The number of nitrogens with two attached hydrogens (primary N) is 1. The van der Waals surface area contributed by atoms with E-state index in [1.165, 1.54) is 37.0 Å². The minimum atomic E-state index is -3.85. The van der Waals surface area contributed by atoms with Crippen molar-refractivity contribution in [2.45, 2.75) is 30.7 Å². The zero-order valence-electron chi connectivity index (χ0n) is 23.1. The highest BCUT2D eigenvalue weighted by atomic mass is 32.2. The van der Waals surface area contributed by atoms with Crippen LogP contribution < -0.4 is 10.5 Å². The molecule has 0 amide bonds. The van der Waals surface area contributed by atoms with Crippen LogP contribution in [0.5, 0.6) is 5.88 Å². The Morgan fingerprint density at radius 3 is 2.33 bits per heavy atom. The molecule has 0 saturated carbocycles. The molecule has 5 N–H and O–H groups in total. The maximum Gasteiger partial charge on any atom is 0.261 e. The quantitative estimate of drug-likeness (QED) is 0.125. The van der Waals surface area contributed by atoms with E-state index in [1.807, 2.05) is 42.5 Å². The number of nitrogens with one attached hydrogen (secondary N) is 2. The van der Waals surface area contributed by atoms with Crippen molar-refractivity contribution in [2.24, 2.45) is 4.99 Å². The molecule has 6 rings (SSSR count). The summed E-state index contributed by atoms with van der Waals surface area (Å²) in [6, 6.07) is 29.0. The molecule has 9 heteroatoms. The maximum absolute atomic E-state index is 13.1. The summed E-state index contributed by atoms with van der Waals surface area (Å²) in [5, 5.41) is 11.7. The van der Waals surface area contributed by atoms with Crippen LogP contribution in [0.15, 0.2) is 107 Å². The second-order valence-corrected chi connectivity index (χ2v) is 12.3. The lowest BCUT2D eigenvalue weighted by Crippen LogP contribution is -2.28. The van der Waals surface area contributed by atoms with Crippen LogP contribution in [0.3, 0.4) is 0 Å². The predicted octanol–water partition coefficient (Wildman–Crippen LogP) is 6.41. The molecule has 0 aliphatic carbocycles. The summed E-state index contributed by atoms with van der Waals surface area (Å²) >= 11 is 0. The van der Waals surface area contributed by atoms with Gasteiger partial charge in [0.25, 0.3) is 10.0 Å². The second-order valence-electron chi connectivity index (χ2n) is 10.6. The Bertz CT molecular complexity index is 1830. The number of sulfonamides is 1. The molecule has 1 aromatic heterocycles. The molecule has 8 nitrogen and oxygen atoms in total. The van der Waals surface area contributed by atoms with E-state index in [4.69, 9.17) is 10.7 Å². The molecule has 2 heterocycles. The first-order valence-electron chi connectivity index (χ1n) is 14.0. The largest absolute Gasteiger partial charge is 0.494 e. The average molecular weight is 580 g/mol. The number of benzene rings is 4. The number of hydrogen-bond donors (Lipinski definition) is 4. The van der Waals surface area contributed by atoms with Crippen molar-refractivity contribution in [2.75, 3.05) is 23.5 Å². The summed E-state index contributed by atoms with van der Waals surface area (Å²) in [6.07, 6.45) is 3.81. The van der Waals surface area contributed by atoms with Crippen LogP contribution in [0, 0.1) is 0 Å². The molecule has 1 saturated heterocycles. The van der Waals surface area contributed by atoms with Crippen LogP contribution in [0.1, 0.15) is 36.0 Å². The van der Waals surface area contributed by atoms with Gasteiger partial charge in [-0.3, -0.25) is 9.62 Å². The first-order chi connectivity index (χ1) is 20.4. The average Bonchev–Trinajstić information content (AvgIpc) is 3.32. The maximum atomic E-state index is 13.1. The highest BCUT2D eigenvalue weighted by Crippen LogP contribution is 2.34.